The van der Waals surface area contributed by atoms with Crippen molar-refractivity contribution in [2.75, 3.05) is 11.1 Å². The Morgan fingerprint density at radius 1 is 1.27 bits per heavy atom. The number of nitrogen functional groups attached to an aromatic ring is 1. The average Bonchev–Trinajstić information content (AvgIpc) is 2.42. The van der Waals surface area contributed by atoms with Crippen LogP contribution in [-0.4, -0.2) is 15.8 Å². The maximum absolute atomic E-state index is 12.0. The fourth-order valence-electron chi connectivity index (χ4n) is 1.74. The zero-order chi connectivity index (χ0) is 16.3. The van der Waals surface area contributed by atoms with Crippen molar-refractivity contribution in [3.8, 4) is 0 Å². The van der Waals surface area contributed by atoms with E-state index in [4.69, 9.17) is 28.9 Å². The van der Waals surface area contributed by atoms with E-state index in [0.29, 0.717) is 15.6 Å². The molecule has 3 N–H and O–H groups in total. The molecule has 1 heterocycles. The van der Waals surface area contributed by atoms with Crippen LogP contribution in [0.2, 0.25) is 10.0 Å². The number of pyridine rings is 1. The normalized spacial score (nSPS) is 10.3. The van der Waals surface area contributed by atoms with Gasteiger partial charge in [-0.2, -0.15) is 0 Å². The molecule has 0 radical (unpaired) electrons. The molecule has 22 heavy (non-hydrogen) atoms. The standard InChI is InChI=1S/C13H10Cl2N4O3/c14-8-2-1-3-9(15)7(8)6-12(20)17-11-5-4-10(19(21)22)13(16)18-11/h1-5H,6H2,(H3,16,17,18,20). The molecule has 2 rings (SSSR count). The molecule has 2 aromatic rings. The zero-order valence-electron chi connectivity index (χ0n) is 11.0. The minimum absolute atomic E-state index is 0.0585. The number of nitrogens with two attached hydrogens (primary N) is 1. The van der Waals surface area contributed by atoms with Gasteiger partial charge in [-0.3, -0.25) is 14.9 Å². The van der Waals surface area contributed by atoms with E-state index in [9.17, 15) is 14.9 Å². The molecule has 0 aliphatic carbocycles. The molecule has 0 unspecified atom stereocenters. The Kier molecular flexibility index (Phi) is 4.79. The molecule has 0 saturated heterocycles. The first-order chi connectivity index (χ1) is 10.4. The summed E-state index contributed by atoms with van der Waals surface area (Å²) in [5.74, 6) is -0.592. The third-order valence-electron chi connectivity index (χ3n) is 2.77. The van der Waals surface area contributed by atoms with E-state index in [-0.39, 0.29) is 23.7 Å². The Bertz CT molecular complexity index is 732. The summed E-state index contributed by atoms with van der Waals surface area (Å²) in [6, 6.07) is 7.38. The average molecular weight is 341 g/mol. The van der Waals surface area contributed by atoms with Gasteiger partial charge in [-0.25, -0.2) is 4.98 Å². The Morgan fingerprint density at radius 2 is 1.91 bits per heavy atom. The summed E-state index contributed by atoms with van der Waals surface area (Å²) in [7, 11) is 0. The van der Waals surface area contributed by atoms with Gasteiger partial charge in [0.05, 0.1) is 11.3 Å². The maximum Gasteiger partial charge on any atom is 0.311 e. The molecule has 0 saturated carbocycles. The van der Waals surface area contributed by atoms with Crippen molar-refractivity contribution in [1.29, 1.82) is 0 Å². The summed E-state index contributed by atoms with van der Waals surface area (Å²) in [4.78, 5) is 25.7. The van der Waals surface area contributed by atoms with E-state index in [0.717, 1.165) is 0 Å². The minimum Gasteiger partial charge on any atom is -0.378 e. The van der Waals surface area contributed by atoms with Crippen LogP contribution in [0.15, 0.2) is 30.3 Å². The molecule has 0 fully saturated rings. The summed E-state index contributed by atoms with van der Waals surface area (Å²) in [6.45, 7) is 0. The van der Waals surface area contributed by atoms with Crippen LogP contribution in [-0.2, 0) is 11.2 Å². The highest BCUT2D eigenvalue weighted by atomic mass is 35.5. The van der Waals surface area contributed by atoms with E-state index in [1.807, 2.05) is 0 Å². The molecule has 1 aromatic carbocycles. The van der Waals surface area contributed by atoms with Gasteiger partial charge in [0.15, 0.2) is 0 Å². The quantitative estimate of drug-likeness (QED) is 0.656. The highest BCUT2D eigenvalue weighted by Gasteiger charge is 2.15. The van der Waals surface area contributed by atoms with Gasteiger partial charge in [0.25, 0.3) is 0 Å². The lowest BCUT2D eigenvalue weighted by molar-refractivity contribution is -0.384. The Hall–Kier alpha value is -2.38. The third kappa shape index (κ3) is 3.63. The van der Waals surface area contributed by atoms with E-state index in [1.165, 1.54) is 12.1 Å². The molecular formula is C13H10Cl2N4O3. The van der Waals surface area contributed by atoms with Crippen LogP contribution < -0.4 is 11.1 Å². The molecule has 1 aromatic heterocycles. The Labute approximate surface area is 135 Å². The van der Waals surface area contributed by atoms with Gasteiger partial charge in [0.1, 0.15) is 5.82 Å². The van der Waals surface area contributed by atoms with Crippen molar-refractivity contribution in [2.24, 2.45) is 0 Å². The Morgan fingerprint density at radius 3 is 2.45 bits per heavy atom. The van der Waals surface area contributed by atoms with Gasteiger partial charge in [0, 0.05) is 16.1 Å². The topological polar surface area (TPSA) is 111 Å². The molecule has 0 spiro atoms. The largest absolute Gasteiger partial charge is 0.378 e. The number of benzene rings is 1. The predicted octanol–water partition coefficient (Wildman–Crippen LogP) is 3.06. The first-order valence-electron chi connectivity index (χ1n) is 6.02. The van der Waals surface area contributed by atoms with E-state index < -0.39 is 10.8 Å². The van der Waals surface area contributed by atoms with Crippen LogP contribution in [0.5, 0.6) is 0 Å². The van der Waals surface area contributed by atoms with Crippen LogP contribution in [0.3, 0.4) is 0 Å². The summed E-state index contributed by atoms with van der Waals surface area (Å²) in [5, 5.41) is 13.9. The van der Waals surface area contributed by atoms with E-state index >= 15 is 0 Å². The lowest BCUT2D eigenvalue weighted by atomic mass is 10.1. The first-order valence-corrected chi connectivity index (χ1v) is 6.77. The van der Waals surface area contributed by atoms with Gasteiger partial charge < -0.3 is 11.1 Å². The van der Waals surface area contributed by atoms with Crippen LogP contribution in [0.4, 0.5) is 17.3 Å². The van der Waals surface area contributed by atoms with Crippen molar-refractivity contribution in [3.05, 3.63) is 56.1 Å². The summed E-state index contributed by atoms with van der Waals surface area (Å²) < 4.78 is 0. The van der Waals surface area contributed by atoms with E-state index in [1.54, 1.807) is 18.2 Å². The second-order valence-electron chi connectivity index (χ2n) is 4.28. The number of anilines is 2. The fraction of sp³-hybridized carbons (Fsp3) is 0.0769. The van der Waals surface area contributed by atoms with Gasteiger partial charge in [-0.1, -0.05) is 29.3 Å². The SMILES string of the molecule is Nc1nc(NC(=O)Cc2c(Cl)cccc2Cl)ccc1[N+](=O)[O-]. The smallest absolute Gasteiger partial charge is 0.311 e. The molecular weight excluding hydrogens is 331 g/mol. The summed E-state index contributed by atoms with van der Waals surface area (Å²) in [6.07, 6.45) is -0.0585. The minimum atomic E-state index is -0.655. The second-order valence-corrected chi connectivity index (χ2v) is 5.10. The number of nitrogens with zero attached hydrogens (tertiary/aromatic N) is 2. The number of hydrogen-bond acceptors (Lipinski definition) is 5. The third-order valence-corrected chi connectivity index (χ3v) is 3.47. The number of halogens is 2. The summed E-state index contributed by atoms with van der Waals surface area (Å²) >= 11 is 12.0. The van der Waals surface area contributed by atoms with Gasteiger partial charge in [0.2, 0.25) is 11.7 Å². The number of nitro groups is 1. The number of nitrogens with one attached hydrogen (secondary N) is 1. The molecule has 0 aliphatic heterocycles. The second kappa shape index (κ2) is 6.59. The summed E-state index contributed by atoms with van der Waals surface area (Å²) in [5.41, 5.74) is 5.61. The number of carbonyl (C=O) groups is 1. The lowest BCUT2D eigenvalue weighted by Crippen LogP contribution is -2.16. The Balaban J connectivity index is 2.13. The molecule has 1 amide bonds. The van der Waals surface area contributed by atoms with E-state index in [2.05, 4.69) is 10.3 Å². The van der Waals surface area contributed by atoms with Crippen LogP contribution in [0.1, 0.15) is 5.56 Å². The highest BCUT2D eigenvalue weighted by molar-refractivity contribution is 6.36. The molecule has 0 bridgehead atoms. The lowest BCUT2D eigenvalue weighted by Gasteiger charge is -2.08. The number of rotatable bonds is 4. The molecule has 114 valence electrons. The van der Waals surface area contributed by atoms with Crippen molar-refractivity contribution < 1.29 is 9.72 Å². The predicted molar refractivity (Wildman–Crippen MR) is 84.1 cm³/mol. The molecule has 0 atom stereocenters. The van der Waals surface area contributed by atoms with Crippen molar-refractivity contribution in [1.82, 2.24) is 4.98 Å². The van der Waals surface area contributed by atoms with Gasteiger partial charge in [-0.15, -0.1) is 0 Å². The molecule has 9 heteroatoms. The van der Waals surface area contributed by atoms with Crippen molar-refractivity contribution in [3.63, 3.8) is 0 Å². The number of hydrogen-bond donors (Lipinski definition) is 2. The number of carbonyl (C=O) groups excluding carboxylic acids is 1. The highest BCUT2D eigenvalue weighted by Crippen LogP contribution is 2.25. The number of amides is 1. The van der Waals surface area contributed by atoms with Crippen molar-refractivity contribution in [2.45, 2.75) is 6.42 Å². The van der Waals surface area contributed by atoms with Crippen LogP contribution in [0.25, 0.3) is 0 Å². The first kappa shape index (κ1) is 16.0. The molecule has 0 aliphatic rings. The van der Waals surface area contributed by atoms with Crippen LogP contribution >= 0.6 is 23.2 Å². The van der Waals surface area contributed by atoms with Gasteiger partial charge in [-0.05, 0) is 23.8 Å². The van der Waals surface area contributed by atoms with Gasteiger partial charge >= 0.3 is 5.69 Å². The fourth-order valence-corrected chi connectivity index (χ4v) is 2.27. The maximum atomic E-state index is 12.0. The monoisotopic (exact) mass is 340 g/mol. The van der Waals surface area contributed by atoms with Crippen molar-refractivity contribution >= 4 is 46.4 Å². The zero-order valence-corrected chi connectivity index (χ0v) is 12.6. The number of aromatic nitrogens is 1. The van der Waals surface area contributed by atoms with Crippen LogP contribution in [0, 0.1) is 10.1 Å². The molecule has 7 nitrogen and oxygen atoms in total.